The van der Waals surface area contributed by atoms with Crippen LogP contribution in [0.4, 0.5) is 4.79 Å². The Labute approximate surface area is 72.6 Å². The molecule has 4 nitrogen and oxygen atoms in total. The molecule has 0 bridgehead atoms. The molecule has 1 saturated heterocycles. The van der Waals surface area contributed by atoms with Crippen molar-refractivity contribution in [1.82, 2.24) is 10.2 Å². The number of nitrogens with zero attached hydrogens (tertiary/aromatic N) is 1. The molecule has 0 aromatic carbocycles. The number of hydrogen-bond acceptors (Lipinski definition) is 2. The number of carboxylic acid groups (broad SMARTS) is 1. The molecule has 0 spiro atoms. The summed E-state index contributed by atoms with van der Waals surface area (Å²) in [4.78, 5) is 12.3. The predicted octanol–water partition coefficient (Wildman–Crippen LogP) is 0.738. The first-order chi connectivity index (χ1) is 5.75. The molecule has 0 aliphatic carbocycles. The summed E-state index contributed by atoms with van der Waals surface area (Å²) in [6, 6.07) is 0.157. The van der Waals surface area contributed by atoms with Gasteiger partial charge in [0, 0.05) is 19.1 Å². The molecule has 1 aliphatic rings. The zero-order valence-electron chi connectivity index (χ0n) is 7.42. The van der Waals surface area contributed by atoms with Crippen molar-refractivity contribution in [3.8, 4) is 0 Å². The van der Waals surface area contributed by atoms with Gasteiger partial charge in [-0.1, -0.05) is 6.92 Å². The molecule has 1 amide bonds. The van der Waals surface area contributed by atoms with Gasteiger partial charge in [0.05, 0.1) is 0 Å². The fourth-order valence-electron chi connectivity index (χ4n) is 1.55. The number of amides is 1. The highest BCUT2D eigenvalue weighted by Gasteiger charge is 2.22. The van der Waals surface area contributed by atoms with Crippen LogP contribution in [0.2, 0.25) is 0 Å². The first-order valence-electron chi connectivity index (χ1n) is 4.46. The van der Waals surface area contributed by atoms with E-state index in [-0.39, 0.29) is 6.04 Å². The maximum absolute atomic E-state index is 10.8. The highest BCUT2D eigenvalue weighted by atomic mass is 16.4. The summed E-state index contributed by atoms with van der Waals surface area (Å²) < 4.78 is 0. The van der Waals surface area contributed by atoms with Crippen molar-refractivity contribution in [1.29, 1.82) is 0 Å². The van der Waals surface area contributed by atoms with Gasteiger partial charge in [-0.2, -0.15) is 0 Å². The first-order valence-corrected chi connectivity index (χ1v) is 4.46. The van der Waals surface area contributed by atoms with Crippen molar-refractivity contribution in [2.24, 2.45) is 0 Å². The summed E-state index contributed by atoms with van der Waals surface area (Å²) in [6.07, 6.45) is 1.02. The molecule has 1 aliphatic heterocycles. The van der Waals surface area contributed by atoms with E-state index in [1.54, 1.807) is 4.90 Å². The van der Waals surface area contributed by atoms with Crippen LogP contribution in [0.3, 0.4) is 0 Å². The van der Waals surface area contributed by atoms with E-state index >= 15 is 0 Å². The van der Waals surface area contributed by atoms with Crippen molar-refractivity contribution in [2.75, 3.05) is 19.6 Å². The van der Waals surface area contributed by atoms with E-state index in [2.05, 4.69) is 5.32 Å². The molecule has 70 valence electrons. The van der Waals surface area contributed by atoms with E-state index in [4.69, 9.17) is 5.11 Å². The van der Waals surface area contributed by atoms with Gasteiger partial charge < -0.3 is 15.3 Å². The standard InChI is InChI=1S/C8H16N2O2/c1-2-7-6-9-4-3-5-10(7)8(11)12/h7,9H,2-6H2,1H3,(H,11,12). The normalized spacial score (nSPS) is 25.1. The molecule has 1 rings (SSSR count). The topological polar surface area (TPSA) is 52.6 Å². The van der Waals surface area contributed by atoms with Gasteiger partial charge in [0.2, 0.25) is 0 Å². The molecule has 1 fully saturated rings. The monoisotopic (exact) mass is 172 g/mol. The Hall–Kier alpha value is -0.770. The quantitative estimate of drug-likeness (QED) is 0.613. The molecule has 1 heterocycles. The van der Waals surface area contributed by atoms with Crippen LogP contribution < -0.4 is 5.32 Å². The maximum atomic E-state index is 10.8. The third kappa shape index (κ3) is 2.11. The SMILES string of the molecule is CCC1CNCCCN1C(=O)O. The second-order valence-corrected chi connectivity index (χ2v) is 3.10. The van der Waals surface area contributed by atoms with Crippen molar-refractivity contribution >= 4 is 6.09 Å². The first kappa shape index (κ1) is 9.32. The lowest BCUT2D eigenvalue weighted by molar-refractivity contribution is 0.127. The fourth-order valence-corrected chi connectivity index (χ4v) is 1.55. The summed E-state index contributed by atoms with van der Waals surface area (Å²) in [6.45, 7) is 4.41. The molecule has 2 N–H and O–H groups in total. The van der Waals surface area contributed by atoms with Crippen molar-refractivity contribution in [3.63, 3.8) is 0 Å². The third-order valence-electron chi connectivity index (χ3n) is 2.29. The smallest absolute Gasteiger partial charge is 0.407 e. The summed E-state index contributed by atoms with van der Waals surface area (Å²) in [5.41, 5.74) is 0. The van der Waals surface area contributed by atoms with E-state index in [1.165, 1.54) is 0 Å². The zero-order chi connectivity index (χ0) is 8.97. The van der Waals surface area contributed by atoms with Gasteiger partial charge in [-0.25, -0.2) is 4.79 Å². The molecule has 0 aromatic heterocycles. The number of nitrogens with one attached hydrogen (secondary N) is 1. The molecular weight excluding hydrogens is 156 g/mol. The van der Waals surface area contributed by atoms with E-state index < -0.39 is 6.09 Å². The summed E-state index contributed by atoms with van der Waals surface area (Å²) in [7, 11) is 0. The van der Waals surface area contributed by atoms with Crippen LogP contribution in [-0.2, 0) is 0 Å². The Bertz CT molecular complexity index is 161. The molecule has 0 saturated carbocycles. The molecule has 4 heteroatoms. The second kappa shape index (κ2) is 4.30. The Morgan fingerprint density at radius 2 is 2.50 bits per heavy atom. The van der Waals surface area contributed by atoms with Crippen molar-refractivity contribution in [2.45, 2.75) is 25.8 Å². The fraction of sp³-hybridized carbons (Fsp3) is 0.875. The highest BCUT2D eigenvalue weighted by Crippen LogP contribution is 2.07. The molecule has 12 heavy (non-hydrogen) atoms. The van der Waals surface area contributed by atoms with E-state index in [9.17, 15) is 4.79 Å². The Kier molecular flexibility index (Phi) is 3.34. The van der Waals surface area contributed by atoms with Crippen LogP contribution in [0.5, 0.6) is 0 Å². The Morgan fingerprint density at radius 1 is 1.75 bits per heavy atom. The molecule has 1 atom stereocenters. The lowest BCUT2D eigenvalue weighted by Gasteiger charge is -2.25. The van der Waals surface area contributed by atoms with Crippen LogP contribution in [0.25, 0.3) is 0 Å². The van der Waals surface area contributed by atoms with E-state index in [0.29, 0.717) is 6.54 Å². The summed E-state index contributed by atoms with van der Waals surface area (Å²) in [5.74, 6) is 0. The number of carbonyl (C=O) groups is 1. The highest BCUT2D eigenvalue weighted by molar-refractivity contribution is 5.65. The summed E-state index contributed by atoms with van der Waals surface area (Å²) >= 11 is 0. The van der Waals surface area contributed by atoms with Gasteiger partial charge in [-0.05, 0) is 19.4 Å². The molecule has 0 radical (unpaired) electrons. The van der Waals surface area contributed by atoms with Crippen LogP contribution in [0.1, 0.15) is 19.8 Å². The maximum Gasteiger partial charge on any atom is 0.407 e. The lowest BCUT2D eigenvalue weighted by atomic mass is 10.2. The van der Waals surface area contributed by atoms with Crippen LogP contribution in [-0.4, -0.2) is 41.8 Å². The van der Waals surface area contributed by atoms with Crippen molar-refractivity contribution in [3.05, 3.63) is 0 Å². The lowest BCUT2D eigenvalue weighted by Crippen LogP contribution is -2.42. The molecule has 1 unspecified atom stereocenters. The largest absolute Gasteiger partial charge is 0.465 e. The Morgan fingerprint density at radius 3 is 3.08 bits per heavy atom. The average molecular weight is 172 g/mol. The molecular formula is C8H16N2O2. The van der Waals surface area contributed by atoms with Crippen LogP contribution in [0.15, 0.2) is 0 Å². The van der Waals surface area contributed by atoms with Crippen molar-refractivity contribution < 1.29 is 9.90 Å². The van der Waals surface area contributed by atoms with E-state index in [0.717, 1.165) is 25.9 Å². The van der Waals surface area contributed by atoms with Crippen LogP contribution in [0, 0.1) is 0 Å². The zero-order valence-corrected chi connectivity index (χ0v) is 7.42. The minimum Gasteiger partial charge on any atom is -0.465 e. The van der Waals surface area contributed by atoms with Gasteiger partial charge in [0.25, 0.3) is 0 Å². The minimum atomic E-state index is -0.787. The number of hydrogen-bond donors (Lipinski definition) is 2. The van der Waals surface area contributed by atoms with Crippen LogP contribution >= 0.6 is 0 Å². The predicted molar refractivity (Wildman–Crippen MR) is 46.3 cm³/mol. The summed E-state index contributed by atoms with van der Waals surface area (Å²) in [5, 5.41) is 12.1. The van der Waals surface area contributed by atoms with E-state index in [1.807, 2.05) is 6.92 Å². The van der Waals surface area contributed by atoms with Gasteiger partial charge >= 0.3 is 6.09 Å². The third-order valence-corrected chi connectivity index (χ3v) is 2.29. The van der Waals surface area contributed by atoms with Gasteiger partial charge in [0.15, 0.2) is 0 Å². The number of rotatable bonds is 1. The van der Waals surface area contributed by atoms with Gasteiger partial charge in [-0.3, -0.25) is 0 Å². The van der Waals surface area contributed by atoms with Gasteiger partial charge in [0.1, 0.15) is 0 Å². The Balaban J connectivity index is 2.57. The second-order valence-electron chi connectivity index (χ2n) is 3.10. The average Bonchev–Trinajstić information content (AvgIpc) is 2.27. The van der Waals surface area contributed by atoms with Gasteiger partial charge in [-0.15, -0.1) is 0 Å². The molecule has 0 aromatic rings. The minimum absolute atomic E-state index is 0.157.